The van der Waals surface area contributed by atoms with Crippen LogP contribution in [0.1, 0.15) is 16.1 Å². The number of benzene rings is 1. The number of hydrogen-bond donors (Lipinski definition) is 3. The van der Waals surface area contributed by atoms with Crippen LogP contribution in [0, 0.1) is 6.92 Å². The maximum absolute atomic E-state index is 12.0. The van der Waals surface area contributed by atoms with E-state index in [4.69, 9.17) is 5.14 Å². The van der Waals surface area contributed by atoms with E-state index in [9.17, 15) is 18.0 Å². The molecule has 9 heteroatoms. The van der Waals surface area contributed by atoms with E-state index in [1.807, 2.05) is 0 Å². The molecule has 0 saturated carbocycles. The summed E-state index contributed by atoms with van der Waals surface area (Å²) in [5.41, 5.74) is 0.508. The number of nitrogens with zero attached hydrogens (tertiary/aromatic N) is 1. The molecule has 0 spiro atoms. The summed E-state index contributed by atoms with van der Waals surface area (Å²) in [6.45, 7) is 1.70. The van der Waals surface area contributed by atoms with Crippen molar-refractivity contribution < 1.29 is 13.2 Å². The van der Waals surface area contributed by atoms with Crippen LogP contribution in [0.5, 0.6) is 0 Å². The van der Waals surface area contributed by atoms with E-state index >= 15 is 0 Å². The first-order chi connectivity index (χ1) is 9.77. The molecule has 1 aromatic heterocycles. The summed E-state index contributed by atoms with van der Waals surface area (Å²) in [4.78, 5) is 22.7. The van der Waals surface area contributed by atoms with Gasteiger partial charge in [-0.1, -0.05) is 6.07 Å². The molecule has 4 N–H and O–H groups in total. The van der Waals surface area contributed by atoms with Crippen molar-refractivity contribution in [3.05, 3.63) is 51.9 Å². The van der Waals surface area contributed by atoms with Crippen LogP contribution in [-0.2, 0) is 10.0 Å². The number of anilines is 1. The third-order valence-electron chi connectivity index (χ3n) is 2.70. The van der Waals surface area contributed by atoms with Crippen molar-refractivity contribution in [1.29, 1.82) is 0 Å². The van der Waals surface area contributed by atoms with Gasteiger partial charge < -0.3 is 5.32 Å². The Morgan fingerprint density at radius 1 is 1.29 bits per heavy atom. The number of aromatic nitrogens is 2. The molecule has 2 aromatic rings. The first-order valence-electron chi connectivity index (χ1n) is 5.78. The minimum atomic E-state index is -3.86. The number of primary sulfonamides is 1. The van der Waals surface area contributed by atoms with Crippen LogP contribution in [0.25, 0.3) is 0 Å². The Kier molecular flexibility index (Phi) is 3.87. The number of hydrogen-bond acceptors (Lipinski definition) is 5. The van der Waals surface area contributed by atoms with Gasteiger partial charge >= 0.3 is 0 Å². The number of aryl methyl sites for hydroxylation is 1. The average Bonchev–Trinajstić information content (AvgIpc) is 2.40. The van der Waals surface area contributed by atoms with E-state index < -0.39 is 21.5 Å². The van der Waals surface area contributed by atoms with Gasteiger partial charge in [-0.2, -0.15) is 5.10 Å². The Morgan fingerprint density at radius 3 is 2.57 bits per heavy atom. The smallest absolute Gasteiger partial charge is 0.276 e. The Hall–Kier alpha value is -2.52. The van der Waals surface area contributed by atoms with Crippen molar-refractivity contribution in [2.24, 2.45) is 5.14 Å². The van der Waals surface area contributed by atoms with Gasteiger partial charge in [-0.05, 0) is 30.7 Å². The first kappa shape index (κ1) is 14.9. The van der Waals surface area contributed by atoms with Gasteiger partial charge in [0.25, 0.3) is 11.5 Å². The molecule has 0 fully saturated rings. The lowest BCUT2D eigenvalue weighted by Crippen LogP contribution is -2.18. The molecule has 0 aliphatic rings. The number of nitrogens with two attached hydrogens (primary N) is 1. The van der Waals surface area contributed by atoms with Gasteiger partial charge in [-0.3, -0.25) is 9.59 Å². The molecule has 0 aliphatic heterocycles. The zero-order valence-corrected chi connectivity index (χ0v) is 11.8. The number of nitrogens with one attached hydrogen (secondary N) is 2. The lowest BCUT2D eigenvalue weighted by Gasteiger charge is -2.09. The number of aromatic amines is 1. The standard InChI is InChI=1S/C12H12N4O4S/c1-7-2-3-8(21(13,19)20)6-10(7)14-12(18)9-4-5-11(17)16-15-9/h2-6H,1H3,(H,14,18)(H,16,17)(H2,13,19,20). The van der Waals surface area contributed by atoms with Crippen molar-refractivity contribution in [1.82, 2.24) is 10.2 Å². The number of H-pyrrole nitrogens is 1. The number of amides is 1. The monoisotopic (exact) mass is 308 g/mol. The van der Waals surface area contributed by atoms with Crippen LogP contribution in [-0.4, -0.2) is 24.5 Å². The van der Waals surface area contributed by atoms with Gasteiger partial charge in [-0.15, -0.1) is 0 Å². The molecule has 0 aliphatic carbocycles. The number of sulfonamides is 1. The molecular weight excluding hydrogens is 296 g/mol. The van der Waals surface area contributed by atoms with Gasteiger partial charge in [-0.25, -0.2) is 18.7 Å². The Balaban J connectivity index is 2.33. The third kappa shape index (κ3) is 3.52. The van der Waals surface area contributed by atoms with Crippen LogP contribution < -0.4 is 16.0 Å². The van der Waals surface area contributed by atoms with Crippen molar-refractivity contribution >= 4 is 21.6 Å². The molecular formula is C12H12N4O4S. The fourth-order valence-electron chi connectivity index (χ4n) is 1.57. The molecule has 2 rings (SSSR count). The Bertz CT molecular complexity index is 837. The molecule has 0 bridgehead atoms. The third-order valence-corrected chi connectivity index (χ3v) is 3.61. The Morgan fingerprint density at radius 2 is 2.00 bits per heavy atom. The maximum atomic E-state index is 12.0. The molecule has 0 radical (unpaired) electrons. The summed E-state index contributed by atoms with van der Waals surface area (Å²) >= 11 is 0. The van der Waals surface area contributed by atoms with Gasteiger partial charge in [0.1, 0.15) is 5.69 Å². The molecule has 1 amide bonds. The van der Waals surface area contributed by atoms with Crippen LogP contribution in [0.2, 0.25) is 0 Å². The van der Waals surface area contributed by atoms with E-state index in [1.165, 1.54) is 24.3 Å². The largest absolute Gasteiger partial charge is 0.320 e. The normalized spacial score (nSPS) is 11.1. The van der Waals surface area contributed by atoms with Crippen LogP contribution in [0.3, 0.4) is 0 Å². The minimum absolute atomic E-state index is 0.00462. The van der Waals surface area contributed by atoms with Crippen molar-refractivity contribution in [2.75, 3.05) is 5.32 Å². The summed E-state index contributed by atoms with van der Waals surface area (Å²) in [5.74, 6) is -0.582. The van der Waals surface area contributed by atoms with Crippen molar-refractivity contribution in [3.8, 4) is 0 Å². The summed E-state index contributed by atoms with van der Waals surface area (Å²) in [6, 6.07) is 6.55. The molecule has 0 unspecified atom stereocenters. The second-order valence-corrected chi connectivity index (χ2v) is 5.84. The first-order valence-corrected chi connectivity index (χ1v) is 7.32. The van der Waals surface area contributed by atoms with Crippen LogP contribution in [0.15, 0.2) is 40.0 Å². The lowest BCUT2D eigenvalue weighted by molar-refractivity contribution is 0.102. The highest BCUT2D eigenvalue weighted by Crippen LogP contribution is 2.19. The van der Waals surface area contributed by atoms with E-state index in [-0.39, 0.29) is 10.6 Å². The zero-order chi connectivity index (χ0) is 15.6. The van der Waals surface area contributed by atoms with E-state index in [2.05, 4.69) is 15.5 Å². The molecule has 1 heterocycles. The highest BCUT2D eigenvalue weighted by Gasteiger charge is 2.13. The predicted molar refractivity (Wildman–Crippen MR) is 75.4 cm³/mol. The molecule has 0 saturated heterocycles. The summed E-state index contributed by atoms with van der Waals surface area (Å²) in [5, 5.41) is 13.3. The second-order valence-electron chi connectivity index (χ2n) is 4.28. The Labute approximate surface area is 120 Å². The van der Waals surface area contributed by atoms with Crippen molar-refractivity contribution in [3.63, 3.8) is 0 Å². The molecule has 21 heavy (non-hydrogen) atoms. The fourth-order valence-corrected chi connectivity index (χ4v) is 2.11. The van der Waals surface area contributed by atoms with Crippen LogP contribution in [0.4, 0.5) is 5.69 Å². The van der Waals surface area contributed by atoms with Gasteiger partial charge in [0.2, 0.25) is 10.0 Å². The quantitative estimate of drug-likeness (QED) is 0.732. The lowest BCUT2D eigenvalue weighted by atomic mass is 10.2. The van der Waals surface area contributed by atoms with Crippen molar-refractivity contribution in [2.45, 2.75) is 11.8 Å². The van der Waals surface area contributed by atoms with Crippen LogP contribution >= 0.6 is 0 Å². The fraction of sp³-hybridized carbons (Fsp3) is 0.0833. The molecule has 0 atom stereocenters. The van der Waals surface area contributed by atoms with E-state index in [0.29, 0.717) is 11.3 Å². The molecule has 110 valence electrons. The highest BCUT2D eigenvalue weighted by molar-refractivity contribution is 7.89. The summed E-state index contributed by atoms with van der Waals surface area (Å²) in [6.07, 6.45) is 0. The van der Waals surface area contributed by atoms with E-state index in [1.54, 1.807) is 6.92 Å². The second kappa shape index (κ2) is 5.46. The SMILES string of the molecule is Cc1ccc(S(N)(=O)=O)cc1NC(=O)c1ccc(=O)[nH]n1. The maximum Gasteiger partial charge on any atom is 0.276 e. The number of rotatable bonds is 3. The van der Waals surface area contributed by atoms with Gasteiger partial charge in [0, 0.05) is 11.8 Å². The number of carbonyl (C=O) groups is 1. The molecule has 1 aromatic carbocycles. The highest BCUT2D eigenvalue weighted by atomic mass is 32.2. The summed E-state index contributed by atoms with van der Waals surface area (Å²) in [7, 11) is -3.86. The average molecular weight is 308 g/mol. The topological polar surface area (TPSA) is 135 Å². The summed E-state index contributed by atoms with van der Waals surface area (Å²) < 4.78 is 22.6. The minimum Gasteiger partial charge on any atom is -0.320 e. The van der Waals surface area contributed by atoms with E-state index in [0.717, 1.165) is 6.07 Å². The van der Waals surface area contributed by atoms with Gasteiger partial charge in [0.15, 0.2) is 0 Å². The zero-order valence-electron chi connectivity index (χ0n) is 11.0. The predicted octanol–water partition coefficient (Wildman–Crippen LogP) is -0.0220. The number of carbonyl (C=O) groups excluding carboxylic acids is 1. The van der Waals surface area contributed by atoms with Gasteiger partial charge in [0.05, 0.1) is 4.90 Å². The molecule has 8 nitrogen and oxygen atoms in total.